The van der Waals surface area contributed by atoms with E-state index in [9.17, 15) is 13.2 Å². The zero-order valence-corrected chi connectivity index (χ0v) is 13.9. The third-order valence-electron chi connectivity index (χ3n) is 3.25. The molecule has 0 unspecified atom stereocenters. The van der Waals surface area contributed by atoms with Crippen molar-refractivity contribution in [3.05, 3.63) is 59.4 Å². The molecule has 0 bridgehead atoms. The fraction of sp³-hybridized carbons (Fsp3) is 0.250. The smallest absolute Gasteiger partial charge is 0.251 e. The highest BCUT2D eigenvalue weighted by Crippen LogP contribution is 2.15. The van der Waals surface area contributed by atoms with Gasteiger partial charge in [0, 0.05) is 18.3 Å². The minimum absolute atomic E-state index is 0.0768. The lowest BCUT2D eigenvalue weighted by molar-refractivity contribution is 0.0949. The van der Waals surface area contributed by atoms with E-state index >= 15 is 0 Å². The summed E-state index contributed by atoms with van der Waals surface area (Å²) in [6.07, 6.45) is 1.65. The summed E-state index contributed by atoms with van der Waals surface area (Å²) >= 11 is 0. The molecule has 0 aliphatic heterocycles. The van der Waals surface area contributed by atoms with Crippen molar-refractivity contribution in [2.45, 2.75) is 25.3 Å². The summed E-state index contributed by atoms with van der Waals surface area (Å²) < 4.78 is 26.5. The number of nitrogens with zero attached hydrogens (tertiary/aromatic N) is 1. The van der Waals surface area contributed by atoms with E-state index in [4.69, 9.17) is 0 Å². The van der Waals surface area contributed by atoms with Gasteiger partial charge in [-0.3, -0.25) is 9.78 Å². The van der Waals surface area contributed by atoms with Gasteiger partial charge in [0.05, 0.1) is 17.1 Å². The number of pyridine rings is 1. The van der Waals surface area contributed by atoms with Crippen molar-refractivity contribution in [1.82, 2.24) is 15.0 Å². The second-order valence-corrected chi connectivity index (χ2v) is 6.75. The van der Waals surface area contributed by atoms with Crippen molar-refractivity contribution in [2.75, 3.05) is 6.54 Å². The summed E-state index contributed by atoms with van der Waals surface area (Å²) in [4.78, 5) is 16.5. The molecule has 2 N–H and O–H groups in total. The Morgan fingerprint density at radius 1 is 1.22 bits per heavy atom. The first-order valence-electron chi connectivity index (χ1n) is 7.22. The number of rotatable bonds is 6. The number of aryl methyl sites for hydroxylation is 1. The quantitative estimate of drug-likeness (QED) is 0.841. The summed E-state index contributed by atoms with van der Waals surface area (Å²) in [6, 6.07) is 9.94. The molecule has 7 heteroatoms. The van der Waals surface area contributed by atoms with Crippen LogP contribution in [0.4, 0.5) is 0 Å². The second kappa shape index (κ2) is 7.34. The highest BCUT2D eigenvalue weighted by Gasteiger charge is 2.17. The van der Waals surface area contributed by atoms with E-state index in [1.807, 2.05) is 6.07 Å². The molecule has 1 aromatic carbocycles. The largest absolute Gasteiger partial charge is 0.346 e. The second-order valence-electron chi connectivity index (χ2n) is 4.98. The molecule has 0 aliphatic carbocycles. The Morgan fingerprint density at radius 3 is 2.65 bits per heavy atom. The number of carbonyl (C=O) groups excluding carboxylic acids is 1. The monoisotopic (exact) mass is 333 g/mol. The Hall–Kier alpha value is -2.25. The molecule has 1 aromatic heterocycles. The maximum absolute atomic E-state index is 12.3. The molecule has 2 rings (SSSR count). The average molecular weight is 333 g/mol. The van der Waals surface area contributed by atoms with E-state index in [1.54, 1.807) is 38.2 Å². The lowest BCUT2D eigenvalue weighted by Crippen LogP contribution is -2.26. The van der Waals surface area contributed by atoms with Crippen LogP contribution in [0, 0.1) is 6.92 Å². The maximum atomic E-state index is 12.3. The van der Waals surface area contributed by atoms with Gasteiger partial charge in [-0.05, 0) is 36.8 Å². The van der Waals surface area contributed by atoms with E-state index in [0.717, 1.165) is 5.69 Å². The number of hydrogen-bond donors (Lipinski definition) is 2. The van der Waals surface area contributed by atoms with Gasteiger partial charge < -0.3 is 5.32 Å². The molecule has 23 heavy (non-hydrogen) atoms. The van der Waals surface area contributed by atoms with E-state index in [1.165, 1.54) is 12.1 Å². The molecule has 0 spiro atoms. The summed E-state index contributed by atoms with van der Waals surface area (Å²) in [5, 5.41) is 2.75. The zero-order valence-electron chi connectivity index (χ0n) is 13.0. The van der Waals surface area contributed by atoms with E-state index in [0.29, 0.717) is 11.1 Å². The number of hydrogen-bond acceptors (Lipinski definition) is 4. The predicted octanol–water partition coefficient (Wildman–Crippen LogP) is 1.62. The van der Waals surface area contributed by atoms with Gasteiger partial charge in [0.2, 0.25) is 10.0 Å². The normalized spacial score (nSPS) is 11.2. The molecule has 6 nitrogen and oxygen atoms in total. The Bertz CT molecular complexity index is 789. The molecule has 2 aromatic rings. The van der Waals surface area contributed by atoms with Crippen LogP contribution in [0.1, 0.15) is 28.5 Å². The molecule has 0 fully saturated rings. The number of amides is 1. The van der Waals surface area contributed by atoms with Gasteiger partial charge in [-0.15, -0.1) is 0 Å². The van der Waals surface area contributed by atoms with E-state index in [2.05, 4.69) is 15.0 Å². The van der Waals surface area contributed by atoms with Crippen molar-refractivity contribution in [2.24, 2.45) is 0 Å². The molecule has 1 heterocycles. The zero-order chi connectivity index (χ0) is 16.9. The van der Waals surface area contributed by atoms with Crippen molar-refractivity contribution in [3.8, 4) is 0 Å². The number of carbonyl (C=O) groups is 1. The van der Waals surface area contributed by atoms with Crippen molar-refractivity contribution >= 4 is 15.9 Å². The van der Waals surface area contributed by atoms with E-state index in [-0.39, 0.29) is 23.9 Å². The topological polar surface area (TPSA) is 88.2 Å². The first-order valence-corrected chi connectivity index (χ1v) is 8.71. The molecule has 0 aliphatic rings. The van der Waals surface area contributed by atoms with Gasteiger partial charge in [-0.1, -0.05) is 19.1 Å². The molecular formula is C16H19N3O3S. The highest BCUT2D eigenvalue weighted by atomic mass is 32.2. The number of nitrogens with one attached hydrogen (secondary N) is 2. The summed E-state index contributed by atoms with van der Waals surface area (Å²) in [5.41, 5.74) is 1.77. The van der Waals surface area contributed by atoms with Crippen molar-refractivity contribution < 1.29 is 13.2 Å². The van der Waals surface area contributed by atoms with Crippen LogP contribution in [0.5, 0.6) is 0 Å². The minimum Gasteiger partial charge on any atom is -0.346 e. The van der Waals surface area contributed by atoms with Crippen LogP contribution in [0.2, 0.25) is 0 Å². The standard InChI is InChI=1S/C16H19N3O3S/c1-3-19-23(21,22)14-8-7-12(2)15(10-14)16(20)18-11-13-6-4-5-9-17-13/h4-10,19H,3,11H2,1-2H3,(H,18,20). The molecule has 0 atom stereocenters. The first kappa shape index (κ1) is 17.1. The lowest BCUT2D eigenvalue weighted by Gasteiger charge is -2.10. The van der Waals surface area contributed by atoms with Crippen LogP contribution in [0.3, 0.4) is 0 Å². The summed E-state index contributed by atoms with van der Waals surface area (Å²) in [5.74, 6) is -0.332. The van der Waals surface area contributed by atoms with Gasteiger partial charge in [0.25, 0.3) is 5.91 Å². The van der Waals surface area contributed by atoms with Crippen LogP contribution in [0.25, 0.3) is 0 Å². The van der Waals surface area contributed by atoms with Gasteiger partial charge in [-0.25, -0.2) is 13.1 Å². The predicted molar refractivity (Wildman–Crippen MR) is 87.4 cm³/mol. The van der Waals surface area contributed by atoms with Crippen molar-refractivity contribution in [1.29, 1.82) is 0 Å². The number of aromatic nitrogens is 1. The number of benzene rings is 1. The third-order valence-corrected chi connectivity index (χ3v) is 4.80. The Balaban J connectivity index is 2.20. The van der Waals surface area contributed by atoms with Crippen LogP contribution in [0.15, 0.2) is 47.5 Å². The summed E-state index contributed by atoms with van der Waals surface area (Å²) in [7, 11) is -3.59. The van der Waals surface area contributed by atoms with Gasteiger partial charge in [0.15, 0.2) is 0 Å². The lowest BCUT2D eigenvalue weighted by atomic mass is 10.1. The molecule has 0 radical (unpaired) electrons. The molecule has 0 saturated carbocycles. The van der Waals surface area contributed by atoms with Gasteiger partial charge in [0.1, 0.15) is 0 Å². The highest BCUT2D eigenvalue weighted by molar-refractivity contribution is 7.89. The first-order chi connectivity index (χ1) is 10.9. The van der Waals surface area contributed by atoms with Crippen molar-refractivity contribution in [3.63, 3.8) is 0 Å². The fourth-order valence-electron chi connectivity index (χ4n) is 2.06. The molecule has 0 saturated heterocycles. The maximum Gasteiger partial charge on any atom is 0.251 e. The molecule has 122 valence electrons. The van der Waals surface area contributed by atoms with Gasteiger partial charge in [-0.2, -0.15) is 0 Å². The van der Waals surface area contributed by atoms with Crippen LogP contribution in [-0.4, -0.2) is 25.9 Å². The Morgan fingerprint density at radius 2 is 2.00 bits per heavy atom. The van der Waals surface area contributed by atoms with Crippen LogP contribution >= 0.6 is 0 Å². The molecule has 1 amide bonds. The SMILES string of the molecule is CCNS(=O)(=O)c1ccc(C)c(C(=O)NCc2ccccn2)c1. The van der Waals surface area contributed by atoms with Gasteiger partial charge >= 0.3 is 0 Å². The molecular weight excluding hydrogens is 314 g/mol. The van der Waals surface area contributed by atoms with Crippen LogP contribution in [-0.2, 0) is 16.6 Å². The third kappa shape index (κ3) is 4.37. The minimum atomic E-state index is -3.59. The van der Waals surface area contributed by atoms with Crippen LogP contribution < -0.4 is 10.0 Å². The number of sulfonamides is 1. The summed E-state index contributed by atoms with van der Waals surface area (Å²) in [6.45, 7) is 4.03. The average Bonchev–Trinajstić information content (AvgIpc) is 2.53. The Labute approximate surface area is 136 Å². The Kier molecular flexibility index (Phi) is 5.46. The fourth-order valence-corrected chi connectivity index (χ4v) is 3.12. The van der Waals surface area contributed by atoms with E-state index < -0.39 is 10.0 Å².